The Kier molecular flexibility index (Phi) is 6.32. The number of benzene rings is 1. The van der Waals surface area contributed by atoms with E-state index in [9.17, 15) is 19.7 Å². The first-order valence-electron chi connectivity index (χ1n) is 8.34. The molecule has 1 fully saturated rings. The monoisotopic (exact) mass is 361 g/mol. The Morgan fingerprint density at radius 2 is 1.96 bits per heavy atom. The first-order chi connectivity index (χ1) is 12.3. The van der Waals surface area contributed by atoms with E-state index in [2.05, 4.69) is 4.74 Å². The molecule has 0 aromatic heterocycles. The van der Waals surface area contributed by atoms with Crippen LogP contribution >= 0.6 is 0 Å². The number of anilines is 1. The number of ether oxygens (including phenoxy) is 1. The summed E-state index contributed by atoms with van der Waals surface area (Å²) in [5.74, 6) is -0.464. The van der Waals surface area contributed by atoms with Gasteiger partial charge in [-0.1, -0.05) is 6.07 Å². The summed E-state index contributed by atoms with van der Waals surface area (Å²) < 4.78 is 4.52. The summed E-state index contributed by atoms with van der Waals surface area (Å²) in [6, 6.07) is 4.84. The molecule has 8 nitrogen and oxygen atoms in total. The van der Waals surface area contributed by atoms with Crippen molar-refractivity contribution in [2.24, 2.45) is 5.92 Å². The summed E-state index contributed by atoms with van der Waals surface area (Å²) in [7, 11) is 4.74. The summed E-state index contributed by atoms with van der Waals surface area (Å²) in [4.78, 5) is 37.8. The molecular weight excluding hydrogens is 338 g/mol. The van der Waals surface area contributed by atoms with Gasteiger partial charge in [0.25, 0.3) is 5.69 Å². The van der Waals surface area contributed by atoms with Gasteiger partial charge in [-0.15, -0.1) is 0 Å². The number of nitro benzene ring substituents is 1. The average Bonchev–Trinajstić information content (AvgIpc) is 2.65. The van der Waals surface area contributed by atoms with Gasteiger partial charge in [0.15, 0.2) is 0 Å². The van der Waals surface area contributed by atoms with Gasteiger partial charge in [0.1, 0.15) is 5.69 Å². The van der Waals surface area contributed by atoms with Crippen LogP contribution in [0.3, 0.4) is 0 Å². The minimum atomic E-state index is -0.524. The van der Waals surface area contributed by atoms with E-state index in [1.807, 2.05) is 4.90 Å². The van der Waals surface area contributed by atoms with E-state index in [1.165, 1.54) is 25.3 Å². The quantitative estimate of drug-likeness (QED) is 0.345. The van der Waals surface area contributed by atoms with E-state index in [4.69, 9.17) is 0 Å². The Morgan fingerprint density at radius 3 is 2.50 bits per heavy atom. The van der Waals surface area contributed by atoms with Crippen LogP contribution < -0.4 is 4.90 Å². The number of nitro groups is 1. The molecule has 8 heteroatoms. The van der Waals surface area contributed by atoms with Crippen molar-refractivity contribution in [1.29, 1.82) is 0 Å². The molecule has 0 unspecified atom stereocenters. The van der Waals surface area contributed by atoms with Crippen molar-refractivity contribution in [2.75, 3.05) is 39.2 Å². The van der Waals surface area contributed by atoms with Gasteiger partial charge >= 0.3 is 5.97 Å². The number of methoxy groups -OCH3 is 1. The molecule has 0 saturated carbocycles. The molecule has 1 saturated heterocycles. The van der Waals surface area contributed by atoms with Crippen molar-refractivity contribution >= 4 is 29.3 Å². The van der Waals surface area contributed by atoms with E-state index in [0.717, 1.165) is 0 Å². The van der Waals surface area contributed by atoms with Crippen molar-refractivity contribution in [2.45, 2.75) is 12.8 Å². The minimum Gasteiger partial charge on any atom is -0.466 e. The molecule has 1 heterocycles. The third-order valence-corrected chi connectivity index (χ3v) is 4.43. The molecule has 0 aliphatic carbocycles. The Balaban J connectivity index is 2.17. The topological polar surface area (TPSA) is 93.0 Å². The number of nitrogens with zero attached hydrogens (tertiary/aromatic N) is 3. The number of hydrogen-bond donors (Lipinski definition) is 0. The fraction of sp³-hybridized carbons (Fsp3) is 0.444. The number of amides is 1. The Hall–Kier alpha value is -2.90. The second-order valence-electron chi connectivity index (χ2n) is 6.36. The zero-order valence-electron chi connectivity index (χ0n) is 15.2. The van der Waals surface area contributed by atoms with Crippen LogP contribution in [0.5, 0.6) is 0 Å². The zero-order valence-corrected chi connectivity index (χ0v) is 15.2. The van der Waals surface area contributed by atoms with Crippen LogP contribution in [-0.2, 0) is 14.3 Å². The molecule has 1 aromatic rings. The molecule has 0 atom stereocenters. The molecule has 26 heavy (non-hydrogen) atoms. The Labute approximate surface area is 152 Å². The van der Waals surface area contributed by atoms with Crippen LogP contribution in [0.25, 0.3) is 6.08 Å². The largest absolute Gasteiger partial charge is 0.466 e. The highest BCUT2D eigenvalue weighted by atomic mass is 16.6. The normalized spacial score (nSPS) is 15.1. The average molecular weight is 361 g/mol. The molecule has 2 rings (SSSR count). The van der Waals surface area contributed by atoms with Gasteiger partial charge in [-0.3, -0.25) is 14.9 Å². The number of carbonyl (C=O) groups excluding carboxylic acids is 2. The van der Waals surface area contributed by atoms with Crippen LogP contribution in [0.4, 0.5) is 11.4 Å². The first kappa shape index (κ1) is 19.4. The number of esters is 1. The highest BCUT2D eigenvalue weighted by Gasteiger charge is 2.29. The van der Waals surface area contributed by atoms with E-state index < -0.39 is 10.9 Å². The number of hydrogen-bond acceptors (Lipinski definition) is 6. The number of rotatable bonds is 5. The van der Waals surface area contributed by atoms with Crippen LogP contribution in [0, 0.1) is 16.0 Å². The lowest BCUT2D eigenvalue weighted by Crippen LogP contribution is -2.40. The lowest BCUT2D eigenvalue weighted by atomic mass is 9.95. The van der Waals surface area contributed by atoms with E-state index in [0.29, 0.717) is 37.2 Å². The maximum Gasteiger partial charge on any atom is 0.330 e. The molecule has 0 N–H and O–H groups in total. The fourth-order valence-corrected chi connectivity index (χ4v) is 3.02. The highest BCUT2D eigenvalue weighted by molar-refractivity contribution is 5.87. The standard InChI is InChI=1S/C18H23N3O5/c1-19(2)18(23)14-8-10-20(11-9-14)15-6-4-13(5-7-17(22)26-3)12-16(15)21(24)25/h4-7,12,14H,8-11H2,1-3H3/b7-5+. The second kappa shape index (κ2) is 8.46. The predicted octanol–water partition coefficient (Wildman–Crippen LogP) is 2.09. The molecule has 0 bridgehead atoms. The van der Waals surface area contributed by atoms with Crippen LogP contribution in [0.2, 0.25) is 0 Å². The predicted molar refractivity (Wildman–Crippen MR) is 97.8 cm³/mol. The first-order valence-corrected chi connectivity index (χ1v) is 8.34. The molecule has 0 radical (unpaired) electrons. The van der Waals surface area contributed by atoms with Crippen molar-refractivity contribution in [3.05, 3.63) is 40.0 Å². The minimum absolute atomic E-state index is 0.0191. The molecule has 140 valence electrons. The van der Waals surface area contributed by atoms with E-state index in [-0.39, 0.29) is 17.5 Å². The lowest BCUT2D eigenvalue weighted by molar-refractivity contribution is -0.384. The van der Waals surface area contributed by atoms with E-state index >= 15 is 0 Å². The summed E-state index contributed by atoms with van der Waals surface area (Å²) >= 11 is 0. The van der Waals surface area contributed by atoms with Crippen molar-refractivity contribution < 1.29 is 19.2 Å². The van der Waals surface area contributed by atoms with Crippen molar-refractivity contribution in [1.82, 2.24) is 4.90 Å². The van der Waals surface area contributed by atoms with Gasteiger partial charge < -0.3 is 14.5 Å². The van der Waals surface area contributed by atoms with Crippen LogP contribution in [0.1, 0.15) is 18.4 Å². The molecule has 1 amide bonds. The Morgan fingerprint density at radius 1 is 1.31 bits per heavy atom. The van der Waals surface area contributed by atoms with E-state index in [1.54, 1.807) is 31.1 Å². The van der Waals surface area contributed by atoms with Crippen LogP contribution in [-0.4, -0.2) is 56.0 Å². The third kappa shape index (κ3) is 4.59. The van der Waals surface area contributed by atoms with Gasteiger partial charge in [0.05, 0.1) is 12.0 Å². The SMILES string of the molecule is COC(=O)/C=C/c1ccc(N2CCC(C(=O)N(C)C)CC2)c([N+](=O)[O-])c1. The van der Waals surface area contributed by atoms with Crippen LogP contribution in [0.15, 0.2) is 24.3 Å². The molecule has 0 spiro atoms. The molecule has 1 aliphatic rings. The molecular formula is C18H23N3O5. The van der Waals surface area contributed by atoms with Gasteiger partial charge in [-0.05, 0) is 30.5 Å². The number of carbonyl (C=O) groups is 2. The van der Waals surface area contributed by atoms with Gasteiger partial charge in [0.2, 0.25) is 5.91 Å². The number of piperidine rings is 1. The van der Waals surface area contributed by atoms with Crippen molar-refractivity contribution in [3.8, 4) is 0 Å². The third-order valence-electron chi connectivity index (χ3n) is 4.43. The smallest absolute Gasteiger partial charge is 0.330 e. The van der Waals surface area contributed by atoms with Gasteiger partial charge in [-0.2, -0.15) is 0 Å². The summed E-state index contributed by atoms with van der Waals surface area (Å²) in [6.07, 6.45) is 4.03. The molecule has 1 aliphatic heterocycles. The maximum absolute atomic E-state index is 12.1. The summed E-state index contributed by atoms with van der Waals surface area (Å²) in [5.41, 5.74) is 1.05. The van der Waals surface area contributed by atoms with Crippen molar-refractivity contribution in [3.63, 3.8) is 0 Å². The second-order valence-corrected chi connectivity index (χ2v) is 6.36. The summed E-state index contributed by atoms with van der Waals surface area (Å²) in [6.45, 7) is 1.17. The zero-order chi connectivity index (χ0) is 19.3. The summed E-state index contributed by atoms with van der Waals surface area (Å²) in [5, 5.41) is 11.5. The lowest BCUT2D eigenvalue weighted by Gasteiger charge is -2.33. The maximum atomic E-state index is 12.1. The highest BCUT2D eigenvalue weighted by Crippen LogP contribution is 2.33. The molecule has 1 aromatic carbocycles. The Bertz CT molecular complexity index is 722. The van der Waals surface area contributed by atoms with Gasteiger partial charge in [-0.25, -0.2) is 4.79 Å². The fourth-order valence-electron chi connectivity index (χ4n) is 3.02. The van der Waals surface area contributed by atoms with Gasteiger partial charge in [0, 0.05) is 45.2 Å².